The van der Waals surface area contributed by atoms with Crippen LogP contribution in [0.3, 0.4) is 0 Å². The highest BCUT2D eigenvalue weighted by Gasteiger charge is 2.48. The summed E-state index contributed by atoms with van der Waals surface area (Å²) in [5.41, 5.74) is 1.87. The fraction of sp³-hybridized carbons (Fsp3) is 0.500. The molecule has 1 unspecified atom stereocenters. The van der Waals surface area contributed by atoms with Gasteiger partial charge in [0, 0.05) is 12.2 Å². The fourth-order valence-electron chi connectivity index (χ4n) is 4.16. The second kappa shape index (κ2) is 5.38. The molecule has 1 amide bonds. The third kappa shape index (κ3) is 2.21. The van der Waals surface area contributed by atoms with E-state index in [2.05, 4.69) is 28.4 Å². The standard InChI is InChI=1S/C18H20N4O/c19-12-14-16(23)20-17(21-18(14)9-4-1-5-10-18)22-11-8-13-6-2-3-7-15(13)22/h2-3,6-7,14H,1,4-5,8-11H2,(H,20,21,23). The van der Waals surface area contributed by atoms with E-state index in [9.17, 15) is 10.1 Å². The van der Waals surface area contributed by atoms with E-state index < -0.39 is 11.5 Å². The first-order chi connectivity index (χ1) is 11.2. The molecule has 1 spiro atoms. The van der Waals surface area contributed by atoms with Gasteiger partial charge >= 0.3 is 0 Å². The highest BCUT2D eigenvalue weighted by Crippen LogP contribution is 2.40. The van der Waals surface area contributed by atoms with E-state index in [0.717, 1.165) is 44.3 Å². The van der Waals surface area contributed by atoms with E-state index in [1.165, 1.54) is 12.0 Å². The van der Waals surface area contributed by atoms with Gasteiger partial charge in [-0.1, -0.05) is 37.5 Å². The number of hydrogen-bond donors (Lipinski definition) is 1. The topological polar surface area (TPSA) is 68.5 Å². The summed E-state index contributed by atoms with van der Waals surface area (Å²) in [6, 6.07) is 10.4. The highest BCUT2D eigenvalue weighted by atomic mass is 16.2. The number of anilines is 1. The van der Waals surface area contributed by atoms with Gasteiger partial charge in [0.05, 0.1) is 11.6 Å². The van der Waals surface area contributed by atoms with Crippen molar-refractivity contribution in [1.82, 2.24) is 5.32 Å². The summed E-state index contributed by atoms with van der Waals surface area (Å²) < 4.78 is 0. The Bertz CT molecular complexity index is 712. The van der Waals surface area contributed by atoms with Crippen LogP contribution in [0.25, 0.3) is 0 Å². The molecule has 5 heteroatoms. The van der Waals surface area contributed by atoms with E-state index in [-0.39, 0.29) is 5.91 Å². The lowest BCUT2D eigenvalue weighted by Crippen LogP contribution is -2.57. The average molecular weight is 308 g/mol. The summed E-state index contributed by atoms with van der Waals surface area (Å²) >= 11 is 0. The van der Waals surface area contributed by atoms with Crippen LogP contribution in [0.2, 0.25) is 0 Å². The largest absolute Gasteiger partial charge is 0.312 e. The first-order valence-electron chi connectivity index (χ1n) is 8.39. The molecular formula is C18H20N4O. The van der Waals surface area contributed by atoms with Crippen LogP contribution in [-0.4, -0.2) is 24.0 Å². The Kier molecular flexibility index (Phi) is 3.33. The number of fused-ring (bicyclic) bond motifs is 1. The number of amides is 1. The second-order valence-corrected chi connectivity index (χ2v) is 6.68. The monoisotopic (exact) mass is 308 g/mol. The zero-order chi connectivity index (χ0) is 15.9. The Hall–Kier alpha value is -2.35. The maximum atomic E-state index is 12.5. The van der Waals surface area contributed by atoms with Gasteiger partial charge in [-0.25, -0.2) is 4.99 Å². The number of aliphatic imine (C=N–C) groups is 1. The number of nitriles is 1. The molecule has 0 radical (unpaired) electrons. The molecule has 118 valence electrons. The van der Waals surface area contributed by atoms with Gasteiger partial charge in [0.1, 0.15) is 0 Å². The van der Waals surface area contributed by atoms with Crippen LogP contribution < -0.4 is 10.2 Å². The number of guanidine groups is 1. The molecule has 0 saturated heterocycles. The first kappa shape index (κ1) is 14.3. The molecule has 2 aliphatic heterocycles. The third-order valence-corrected chi connectivity index (χ3v) is 5.35. The van der Waals surface area contributed by atoms with Crippen molar-refractivity contribution in [1.29, 1.82) is 5.26 Å². The predicted molar refractivity (Wildman–Crippen MR) is 88.0 cm³/mol. The third-order valence-electron chi connectivity index (χ3n) is 5.35. The quantitative estimate of drug-likeness (QED) is 0.800. The van der Waals surface area contributed by atoms with Crippen molar-refractivity contribution >= 4 is 17.6 Å². The Morgan fingerprint density at radius 2 is 2.04 bits per heavy atom. The normalized spacial score (nSPS) is 25.5. The fourth-order valence-corrected chi connectivity index (χ4v) is 4.16. The van der Waals surface area contributed by atoms with Gasteiger partial charge in [-0.05, 0) is 30.9 Å². The van der Waals surface area contributed by atoms with Gasteiger partial charge in [0.2, 0.25) is 11.9 Å². The maximum absolute atomic E-state index is 12.5. The summed E-state index contributed by atoms with van der Waals surface area (Å²) in [4.78, 5) is 19.6. The molecule has 5 nitrogen and oxygen atoms in total. The van der Waals surface area contributed by atoms with E-state index in [1.54, 1.807) is 0 Å². The highest BCUT2D eigenvalue weighted by molar-refractivity contribution is 6.09. The minimum atomic E-state index is -0.663. The lowest BCUT2D eigenvalue weighted by molar-refractivity contribution is -0.124. The molecule has 23 heavy (non-hydrogen) atoms. The second-order valence-electron chi connectivity index (χ2n) is 6.68. The molecule has 1 fully saturated rings. The van der Waals surface area contributed by atoms with Crippen LogP contribution in [-0.2, 0) is 11.2 Å². The molecule has 1 aliphatic carbocycles. The van der Waals surface area contributed by atoms with E-state index in [0.29, 0.717) is 5.96 Å². The van der Waals surface area contributed by atoms with Crippen LogP contribution in [0.15, 0.2) is 29.3 Å². The van der Waals surface area contributed by atoms with Crippen LogP contribution in [0.5, 0.6) is 0 Å². The minimum Gasteiger partial charge on any atom is -0.312 e. The van der Waals surface area contributed by atoms with Crippen LogP contribution in [0, 0.1) is 17.2 Å². The lowest BCUT2D eigenvalue weighted by Gasteiger charge is -2.41. The van der Waals surface area contributed by atoms with Gasteiger partial charge in [0.25, 0.3) is 0 Å². The number of carbonyl (C=O) groups is 1. The number of nitrogens with one attached hydrogen (secondary N) is 1. The lowest BCUT2D eigenvalue weighted by atomic mass is 9.72. The summed E-state index contributed by atoms with van der Waals surface area (Å²) in [6.07, 6.45) is 5.87. The Balaban J connectivity index is 1.75. The smallest absolute Gasteiger partial charge is 0.246 e. The van der Waals surface area contributed by atoms with Gasteiger partial charge in [-0.2, -0.15) is 5.26 Å². The van der Waals surface area contributed by atoms with Crippen molar-refractivity contribution in [3.63, 3.8) is 0 Å². The number of para-hydroxylation sites is 1. The number of benzene rings is 1. The summed E-state index contributed by atoms with van der Waals surface area (Å²) in [7, 11) is 0. The van der Waals surface area contributed by atoms with Crippen LogP contribution in [0.4, 0.5) is 5.69 Å². The number of carbonyl (C=O) groups excluding carboxylic acids is 1. The van der Waals surface area contributed by atoms with Crippen molar-refractivity contribution in [2.24, 2.45) is 10.9 Å². The van der Waals surface area contributed by atoms with Crippen molar-refractivity contribution in [2.75, 3.05) is 11.4 Å². The Labute approximate surface area is 136 Å². The predicted octanol–water partition coefficient (Wildman–Crippen LogP) is 2.38. The van der Waals surface area contributed by atoms with Gasteiger partial charge < -0.3 is 4.90 Å². The maximum Gasteiger partial charge on any atom is 0.246 e. The molecule has 2 heterocycles. The minimum absolute atomic E-state index is 0.191. The average Bonchev–Trinajstić information content (AvgIpc) is 2.99. The van der Waals surface area contributed by atoms with Crippen molar-refractivity contribution < 1.29 is 4.79 Å². The van der Waals surface area contributed by atoms with Gasteiger partial charge in [-0.3, -0.25) is 10.1 Å². The van der Waals surface area contributed by atoms with E-state index in [1.807, 2.05) is 12.1 Å². The van der Waals surface area contributed by atoms with E-state index >= 15 is 0 Å². The molecule has 4 rings (SSSR count). The number of rotatable bonds is 0. The molecular weight excluding hydrogens is 288 g/mol. The van der Waals surface area contributed by atoms with Crippen molar-refractivity contribution in [3.8, 4) is 6.07 Å². The van der Waals surface area contributed by atoms with Gasteiger partial charge in [-0.15, -0.1) is 0 Å². The molecule has 1 aromatic carbocycles. The Morgan fingerprint density at radius 3 is 2.83 bits per heavy atom. The first-order valence-corrected chi connectivity index (χ1v) is 8.39. The van der Waals surface area contributed by atoms with Crippen molar-refractivity contribution in [3.05, 3.63) is 29.8 Å². The zero-order valence-electron chi connectivity index (χ0n) is 13.1. The Morgan fingerprint density at radius 1 is 1.26 bits per heavy atom. The molecule has 1 atom stereocenters. The molecule has 0 aromatic heterocycles. The summed E-state index contributed by atoms with van der Waals surface area (Å²) in [5, 5.41) is 12.4. The SMILES string of the molecule is N#CC1C(=O)NC(N2CCc3ccccc32)=NC12CCCCC2. The number of hydrogen-bond acceptors (Lipinski definition) is 4. The summed E-state index contributed by atoms with van der Waals surface area (Å²) in [5.74, 6) is -0.221. The van der Waals surface area contributed by atoms with Crippen LogP contribution >= 0.6 is 0 Å². The van der Waals surface area contributed by atoms with Crippen molar-refractivity contribution in [2.45, 2.75) is 44.1 Å². The molecule has 1 saturated carbocycles. The zero-order valence-corrected chi connectivity index (χ0v) is 13.1. The summed E-state index contributed by atoms with van der Waals surface area (Å²) in [6.45, 7) is 0.825. The number of nitrogens with zero attached hydrogens (tertiary/aromatic N) is 3. The molecule has 3 aliphatic rings. The molecule has 1 aromatic rings. The van der Waals surface area contributed by atoms with E-state index in [4.69, 9.17) is 4.99 Å². The van der Waals surface area contributed by atoms with Gasteiger partial charge in [0.15, 0.2) is 5.92 Å². The van der Waals surface area contributed by atoms with Crippen LogP contribution in [0.1, 0.15) is 37.7 Å². The molecule has 1 N–H and O–H groups in total. The molecule has 0 bridgehead atoms.